The number of benzene rings is 1. The number of imidazole rings is 1. The molecule has 0 aliphatic rings. The van der Waals surface area contributed by atoms with Gasteiger partial charge in [-0.05, 0) is 29.6 Å². The fourth-order valence-electron chi connectivity index (χ4n) is 2.14. The van der Waals surface area contributed by atoms with E-state index >= 15 is 0 Å². The summed E-state index contributed by atoms with van der Waals surface area (Å²) < 4.78 is 3.00. The zero-order valence-corrected chi connectivity index (χ0v) is 14.4. The Morgan fingerprint density at radius 2 is 2.24 bits per heavy atom. The fraction of sp³-hybridized carbons (Fsp3) is 0.133. The number of anilines is 1. The molecule has 0 saturated heterocycles. The van der Waals surface area contributed by atoms with Crippen LogP contribution in [0.5, 0.6) is 0 Å². The second-order valence-electron chi connectivity index (χ2n) is 4.61. The van der Waals surface area contributed by atoms with Crippen molar-refractivity contribution < 1.29 is 0 Å². The van der Waals surface area contributed by atoms with Crippen molar-refractivity contribution in [1.29, 1.82) is 0 Å². The van der Waals surface area contributed by atoms with Crippen LogP contribution in [-0.4, -0.2) is 9.55 Å². The quantitative estimate of drug-likeness (QED) is 0.680. The van der Waals surface area contributed by atoms with Crippen LogP contribution < -0.4 is 5.32 Å². The lowest BCUT2D eigenvalue weighted by Gasteiger charge is -2.19. The van der Waals surface area contributed by atoms with Crippen LogP contribution in [-0.2, 0) is 7.05 Å². The standard InChI is InChI=1S/C15H13BrClN3S/c1-20-7-6-18-15(20)14(13-3-2-8-21-13)19-12-9-10(16)4-5-11(12)17/h2-9,14,19H,1H3. The van der Waals surface area contributed by atoms with Gasteiger partial charge in [0.2, 0.25) is 0 Å². The first-order valence-electron chi connectivity index (χ1n) is 6.37. The summed E-state index contributed by atoms with van der Waals surface area (Å²) in [6.07, 6.45) is 3.75. The summed E-state index contributed by atoms with van der Waals surface area (Å²) >= 11 is 11.5. The zero-order chi connectivity index (χ0) is 14.8. The topological polar surface area (TPSA) is 29.9 Å². The SMILES string of the molecule is Cn1ccnc1C(Nc1cc(Br)ccc1Cl)c1cccs1. The summed E-state index contributed by atoms with van der Waals surface area (Å²) in [6, 6.07) is 9.89. The molecule has 3 aromatic rings. The van der Waals surface area contributed by atoms with Crippen LogP contribution in [0.1, 0.15) is 16.7 Å². The zero-order valence-electron chi connectivity index (χ0n) is 11.3. The Hall–Kier alpha value is -1.30. The molecule has 108 valence electrons. The van der Waals surface area contributed by atoms with Crippen LogP contribution >= 0.6 is 38.9 Å². The minimum Gasteiger partial charge on any atom is -0.370 e. The number of halogens is 2. The first kappa shape index (κ1) is 14.6. The largest absolute Gasteiger partial charge is 0.370 e. The Labute approximate surface area is 140 Å². The lowest BCUT2D eigenvalue weighted by atomic mass is 10.2. The normalized spacial score (nSPS) is 12.3. The molecule has 0 fully saturated rings. The second kappa shape index (κ2) is 6.22. The van der Waals surface area contributed by atoms with Crippen molar-refractivity contribution in [3.05, 3.63) is 68.3 Å². The number of nitrogens with one attached hydrogen (secondary N) is 1. The van der Waals surface area contributed by atoms with Crippen LogP contribution in [0.4, 0.5) is 5.69 Å². The van der Waals surface area contributed by atoms with Gasteiger partial charge in [0.05, 0.1) is 10.7 Å². The maximum absolute atomic E-state index is 6.30. The van der Waals surface area contributed by atoms with Gasteiger partial charge in [-0.1, -0.05) is 33.6 Å². The Bertz CT molecular complexity index is 739. The molecule has 1 unspecified atom stereocenters. The summed E-state index contributed by atoms with van der Waals surface area (Å²) in [5.74, 6) is 0.952. The molecular weight excluding hydrogens is 370 g/mol. The number of hydrogen-bond donors (Lipinski definition) is 1. The third kappa shape index (κ3) is 3.15. The van der Waals surface area contributed by atoms with Crippen LogP contribution in [0.2, 0.25) is 5.02 Å². The number of aromatic nitrogens is 2. The molecule has 0 radical (unpaired) electrons. The van der Waals surface area contributed by atoms with Gasteiger partial charge in [-0.15, -0.1) is 11.3 Å². The Balaban J connectivity index is 2.01. The molecule has 6 heteroatoms. The van der Waals surface area contributed by atoms with Crippen molar-refractivity contribution in [3.63, 3.8) is 0 Å². The van der Waals surface area contributed by atoms with Crippen LogP contribution in [0, 0.1) is 0 Å². The van der Waals surface area contributed by atoms with Crippen molar-refractivity contribution in [3.8, 4) is 0 Å². The average Bonchev–Trinajstić information content (AvgIpc) is 3.11. The van der Waals surface area contributed by atoms with Crippen molar-refractivity contribution in [2.45, 2.75) is 6.04 Å². The highest BCUT2D eigenvalue weighted by Crippen LogP contribution is 2.33. The van der Waals surface area contributed by atoms with E-state index < -0.39 is 0 Å². The lowest BCUT2D eigenvalue weighted by molar-refractivity contribution is 0.756. The summed E-state index contributed by atoms with van der Waals surface area (Å²) in [6.45, 7) is 0. The molecule has 1 aromatic carbocycles. The first-order valence-corrected chi connectivity index (χ1v) is 8.42. The van der Waals surface area contributed by atoms with Crippen molar-refractivity contribution in [1.82, 2.24) is 9.55 Å². The molecule has 0 aliphatic heterocycles. The van der Waals surface area contributed by atoms with Crippen molar-refractivity contribution in [2.24, 2.45) is 7.05 Å². The van der Waals surface area contributed by atoms with Gasteiger partial charge in [-0.3, -0.25) is 0 Å². The Morgan fingerprint density at radius 1 is 1.38 bits per heavy atom. The van der Waals surface area contributed by atoms with E-state index in [0.717, 1.165) is 16.0 Å². The summed E-state index contributed by atoms with van der Waals surface area (Å²) in [7, 11) is 1.99. The van der Waals surface area contributed by atoms with E-state index in [4.69, 9.17) is 11.6 Å². The molecule has 3 rings (SSSR count). The summed E-state index contributed by atoms with van der Waals surface area (Å²) in [4.78, 5) is 5.67. The van der Waals surface area contributed by atoms with Gasteiger partial charge in [0.15, 0.2) is 0 Å². The number of aryl methyl sites for hydroxylation is 1. The van der Waals surface area contributed by atoms with E-state index in [9.17, 15) is 0 Å². The maximum Gasteiger partial charge on any atom is 0.136 e. The van der Waals surface area contributed by atoms with Crippen molar-refractivity contribution in [2.75, 3.05) is 5.32 Å². The number of hydrogen-bond acceptors (Lipinski definition) is 3. The van der Waals surface area contributed by atoms with E-state index in [1.54, 1.807) is 17.5 Å². The predicted octanol–water partition coefficient (Wildman–Crippen LogP) is 5.10. The van der Waals surface area contributed by atoms with Crippen LogP contribution in [0.15, 0.2) is 52.6 Å². The first-order chi connectivity index (χ1) is 10.1. The fourth-order valence-corrected chi connectivity index (χ4v) is 3.44. The van der Waals surface area contributed by atoms with Crippen LogP contribution in [0.25, 0.3) is 0 Å². The van der Waals surface area contributed by atoms with Gasteiger partial charge < -0.3 is 9.88 Å². The highest BCUT2D eigenvalue weighted by atomic mass is 79.9. The number of thiophene rings is 1. The van der Waals surface area contributed by atoms with Gasteiger partial charge in [0.1, 0.15) is 11.9 Å². The predicted molar refractivity (Wildman–Crippen MR) is 92.1 cm³/mol. The van der Waals surface area contributed by atoms with E-state index in [1.807, 2.05) is 42.1 Å². The highest BCUT2D eigenvalue weighted by molar-refractivity contribution is 9.10. The molecule has 1 atom stereocenters. The molecular formula is C15H13BrClN3S. The molecule has 2 heterocycles. The smallest absolute Gasteiger partial charge is 0.136 e. The minimum absolute atomic E-state index is 0.0307. The summed E-state index contributed by atoms with van der Waals surface area (Å²) in [5, 5.41) is 6.25. The van der Waals surface area contributed by atoms with Gasteiger partial charge in [-0.25, -0.2) is 4.98 Å². The van der Waals surface area contributed by atoms with Crippen molar-refractivity contribution >= 4 is 44.6 Å². The summed E-state index contributed by atoms with van der Waals surface area (Å²) in [5.41, 5.74) is 0.882. The Morgan fingerprint density at radius 3 is 2.90 bits per heavy atom. The molecule has 1 N–H and O–H groups in total. The molecule has 0 bridgehead atoms. The molecule has 0 spiro atoms. The molecule has 0 aliphatic carbocycles. The third-order valence-electron chi connectivity index (χ3n) is 3.17. The highest BCUT2D eigenvalue weighted by Gasteiger charge is 2.20. The molecule has 2 aromatic heterocycles. The second-order valence-corrected chi connectivity index (χ2v) is 6.92. The molecule has 0 amide bonds. The average molecular weight is 383 g/mol. The van der Waals surface area contributed by atoms with E-state index in [-0.39, 0.29) is 6.04 Å². The van der Waals surface area contributed by atoms with Gasteiger partial charge in [0.25, 0.3) is 0 Å². The number of rotatable bonds is 4. The Kier molecular flexibility index (Phi) is 4.33. The number of nitrogens with zero attached hydrogens (tertiary/aromatic N) is 2. The van der Waals surface area contributed by atoms with E-state index in [0.29, 0.717) is 5.02 Å². The monoisotopic (exact) mass is 381 g/mol. The minimum atomic E-state index is -0.0307. The van der Waals surface area contributed by atoms with Gasteiger partial charge in [-0.2, -0.15) is 0 Å². The van der Waals surface area contributed by atoms with E-state index in [2.05, 4.69) is 37.7 Å². The third-order valence-corrected chi connectivity index (χ3v) is 4.93. The van der Waals surface area contributed by atoms with Gasteiger partial charge >= 0.3 is 0 Å². The molecule has 0 saturated carbocycles. The molecule has 3 nitrogen and oxygen atoms in total. The van der Waals surface area contributed by atoms with E-state index in [1.165, 1.54) is 4.88 Å². The molecule has 21 heavy (non-hydrogen) atoms. The van der Waals surface area contributed by atoms with Gasteiger partial charge in [0, 0.05) is 28.8 Å². The lowest BCUT2D eigenvalue weighted by Crippen LogP contribution is -2.15. The maximum atomic E-state index is 6.30. The van der Waals surface area contributed by atoms with Crippen LogP contribution in [0.3, 0.4) is 0 Å².